The number of aromatic nitrogens is 1. The Morgan fingerprint density at radius 2 is 1.93 bits per heavy atom. The van der Waals surface area contributed by atoms with E-state index in [1.807, 2.05) is 48.7 Å². The second-order valence-electron chi connectivity index (χ2n) is 6.44. The van der Waals surface area contributed by atoms with Gasteiger partial charge in [0.05, 0.1) is 0 Å². The maximum absolute atomic E-state index is 11.2. The molecule has 1 amide bonds. The van der Waals surface area contributed by atoms with Crippen molar-refractivity contribution in [2.24, 2.45) is 4.99 Å². The first-order chi connectivity index (χ1) is 13.2. The lowest BCUT2D eigenvalue weighted by atomic mass is 10.2. The van der Waals surface area contributed by atoms with Crippen LogP contribution in [0.3, 0.4) is 0 Å². The van der Waals surface area contributed by atoms with Gasteiger partial charge in [0.15, 0.2) is 5.96 Å². The Balaban J connectivity index is 0.00000280. The number of rotatable bonds is 4. The van der Waals surface area contributed by atoms with Crippen LogP contribution in [0.2, 0.25) is 0 Å². The smallest absolute Gasteiger partial charge is 0.221 e. The molecule has 0 unspecified atom stereocenters. The minimum Gasteiger partial charge on any atom is -0.353 e. The zero-order chi connectivity index (χ0) is 19.1. The quantitative estimate of drug-likeness (QED) is 0.389. The highest BCUT2D eigenvalue weighted by atomic mass is 127. The molecule has 3 rings (SSSR count). The topological polar surface area (TPSA) is 72.9 Å². The fourth-order valence-electron chi connectivity index (χ4n) is 3.16. The number of pyridine rings is 1. The monoisotopic (exact) mass is 494 g/mol. The van der Waals surface area contributed by atoms with E-state index in [-0.39, 0.29) is 29.9 Å². The Labute approximate surface area is 183 Å². The molecule has 28 heavy (non-hydrogen) atoms. The third-order valence-electron chi connectivity index (χ3n) is 4.46. The number of nitrogens with one attached hydrogen (secondary N) is 2. The molecule has 7 nitrogen and oxygen atoms in total. The first-order valence-corrected chi connectivity index (χ1v) is 9.14. The molecule has 1 aromatic heterocycles. The highest BCUT2D eigenvalue weighted by Crippen LogP contribution is 2.13. The summed E-state index contributed by atoms with van der Waals surface area (Å²) in [5, 5.41) is 6.23. The van der Waals surface area contributed by atoms with Crippen LogP contribution in [-0.2, 0) is 11.3 Å². The zero-order valence-electron chi connectivity index (χ0n) is 16.3. The first-order valence-electron chi connectivity index (χ1n) is 9.14. The van der Waals surface area contributed by atoms with Crippen LogP contribution in [-0.4, -0.2) is 55.0 Å². The van der Waals surface area contributed by atoms with Crippen molar-refractivity contribution in [3.8, 4) is 0 Å². The second kappa shape index (κ2) is 10.8. The van der Waals surface area contributed by atoms with Gasteiger partial charge in [-0.1, -0.05) is 18.2 Å². The maximum atomic E-state index is 11.2. The van der Waals surface area contributed by atoms with Crippen LogP contribution in [0.15, 0.2) is 53.7 Å². The number of carbonyl (C=O) groups excluding carboxylic acids is 1. The molecule has 0 atom stereocenters. The van der Waals surface area contributed by atoms with Crippen molar-refractivity contribution in [3.05, 3.63) is 54.2 Å². The van der Waals surface area contributed by atoms with E-state index < -0.39 is 0 Å². The predicted molar refractivity (Wildman–Crippen MR) is 124 cm³/mol. The van der Waals surface area contributed by atoms with E-state index in [0.717, 1.165) is 49.2 Å². The first kappa shape index (κ1) is 21.9. The molecular formula is C20H27IN6O. The van der Waals surface area contributed by atoms with Gasteiger partial charge in [0, 0.05) is 58.6 Å². The number of hydrogen-bond acceptors (Lipinski definition) is 4. The minimum atomic E-state index is -0.0679. The van der Waals surface area contributed by atoms with E-state index in [0.29, 0.717) is 6.54 Å². The van der Waals surface area contributed by atoms with Crippen molar-refractivity contribution >= 4 is 47.3 Å². The molecular weight excluding hydrogens is 467 g/mol. The SMILES string of the molecule is CN=C(NCc1cccc(NC(C)=O)c1)N1CCN(c2ccccn2)CC1.I. The number of anilines is 2. The standard InChI is InChI=1S/C20H26N6O.HI/c1-16(27)24-18-7-5-6-17(14-18)15-23-20(21-2)26-12-10-25(11-13-26)19-8-3-4-9-22-19;/h3-9,14H,10-13,15H2,1-2H3,(H,21,23)(H,24,27);1H. The number of carbonyl (C=O) groups is 1. The van der Waals surface area contributed by atoms with Gasteiger partial charge in [-0.05, 0) is 29.8 Å². The molecule has 150 valence electrons. The minimum absolute atomic E-state index is 0. The number of benzene rings is 1. The third-order valence-corrected chi connectivity index (χ3v) is 4.46. The van der Waals surface area contributed by atoms with E-state index in [4.69, 9.17) is 0 Å². The highest BCUT2D eigenvalue weighted by Gasteiger charge is 2.20. The van der Waals surface area contributed by atoms with Crippen molar-refractivity contribution in [1.29, 1.82) is 0 Å². The molecule has 2 heterocycles. The number of halogens is 1. The summed E-state index contributed by atoms with van der Waals surface area (Å²) in [5.41, 5.74) is 1.90. The summed E-state index contributed by atoms with van der Waals surface area (Å²) in [6.45, 7) is 5.77. The third kappa shape index (κ3) is 6.08. The van der Waals surface area contributed by atoms with Gasteiger partial charge >= 0.3 is 0 Å². The lowest BCUT2D eigenvalue weighted by Crippen LogP contribution is -2.52. The zero-order valence-corrected chi connectivity index (χ0v) is 18.6. The van der Waals surface area contributed by atoms with E-state index in [1.165, 1.54) is 6.92 Å². The van der Waals surface area contributed by atoms with Gasteiger partial charge in [-0.2, -0.15) is 0 Å². The molecule has 2 aromatic rings. The highest BCUT2D eigenvalue weighted by molar-refractivity contribution is 14.0. The molecule has 0 aliphatic carbocycles. The molecule has 0 bridgehead atoms. The van der Waals surface area contributed by atoms with Crippen LogP contribution in [0.5, 0.6) is 0 Å². The van der Waals surface area contributed by atoms with Gasteiger partial charge in [0.2, 0.25) is 5.91 Å². The summed E-state index contributed by atoms with van der Waals surface area (Å²) in [4.78, 5) is 24.6. The lowest BCUT2D eigenvalue weighted by Gasteiger charge is -2.37. The van der Waals surface area contributed by atoms with E-state index in [2.05, 4.69) is 30.4 Å². The van der Waals surface area contributed by atoms with Crippen molar-refractivity contribution in [1.82, 2.24) is 15.2 Å². The van der Waals surface area contributed by atoms with Crippen molar-refractivity contribution in [2.75, 3.05) is 43.4 Å². The van der Waals surface area contributed by atoms with Crippen LogP contribution < -0.4 is 15.5 Å². The Morgan fingerprint density at radius 3 is 2.57 bits per heavy atom. The molecule has 0 spiro atoms. The summed E-state index contributed by atoms with van der Waals surface area (Å²) >= 11 is 0. The average molecular weight is 494 g/mol. The fourth-order valence-corrected chi connectivity index (χ4v) is 3.16. The van der Waals surface area contributed by atoms with E-state index in [9.17, 15) is 4.79 Å². The second-order valence-corrected chi connectivity index (χ2v) is 6.44. The van der Waals surface area contributed by atoms with Crippen LogP contribution in [0, 0.1) is 0 Å². The number of nitrogens with zero attached hydrogens (tertiary/aromatic N) is 4. The molecule has 1 aliphatic rings. The molecule has 8 heteroatoms. The van der Waals surface area contributed by atoms with Gasteiger partial charge < -0.3 is 20.4 Å². The molecule has 1 aromatic carbocycles. The van der Waals surface area contributed by atoms with E-state index >= 15 is 0 Å². The molecule has 1 fully saturated rings. The van der Waals surface area contributed by atoms with Crippen LogP contribution in [0.25, 0.3) is 0 Å². The van der Waals surface area contributed by atoms with E-state index in [1.54, 1.807) is 7.05 Å². The largest absolute Gasteiger partial charge is 0.353 e. The van der Waals surface area contributed by atoms with Crippen molar-refractivity contribution in [3.63, 3.8) is 0 Å². The van der Waals surface area contributed by atoms with Gasteiger partial charge in [-0.3, -0.25) is 9.79 Å². The summed E-state index contributed by atoms with van der Waals surface area (Å²) < 4.78 is 0. The van der Waals surface area contributed by atoms with Crippen LogP contribution >= 0.6 is 24.0 Å². The number of piperazine rings is 1. The van der Waals surface area contributed by atoms with Gasteiger partial charge in [-0.15, -0.1) is 24.0 Å². The number of hydrogen-bond donors (Lipinski definition) is 2. The Hall–Kier alpha value is -2.36. The summed E-state index contributed by atoms with van der Waals surface area (Å²) in [5.74, 6) is 1.84. The molecule has 1 aliphatic heterocycles. The Kier molecular flexibility index (Phi) is 8.49. The van der Waals surface area contributed by atoms with Gasteiger partial charge in [-0.25, -0.2) is 4.98 Å². The molecule has 0 saturated carbocycles. The molecule has 1 saturated heterocycles. The molecule has 0 radical (unpaired) electrons. The average Bonchev–Trinajstić information content (AvgIpc) is 2.69. The normalized spacial score (nSPS) is 14.3. The molecule has 2 N–H and O–H groups in total. The number of amides is 1. The van der Waals surface area contributed by atoms with Crippen LogP contribution in [0.1, 0.15) is 12.5 Å². The Morgan fingerprint density at radius 1 is 1.14 bits per heavy atom. The maximum Gasteiger partial charge on any atom is 0.221 e. The van der Waals surface area contributed by atoms with Gasteiger partial charge in [0.25, 0.3) is 0 Å². The number of guanidine groups is 1. The summed E-state index contributed by atoms with van der Waals surface area (Å²) in [6, 6.07) is 13.8. The number of aliphatic imine (C=N–C) groups is 1. The van der Waals surface area contributed by atoms with Crippen molar-refractivity contribution < 1.29 is 4.79 Å². The fraction of sp³-hybridized carbons (Fsp3) is 0.350. The summed E-state index contributed by atoms with van der Waals surface area (Å²) in [7, 11) is 1.81. The Bertz CT molecular complexity index is 790. The summed E-state index contributed by atoms with van der Waals surface area (Å²) in [6.07, 6.45) is 1.83. The lowest BCUT2D eigenvalue weighted by molar-refractivity contribution is -0.114. The van der Waals surface area contributed by atoms with Gasteiger partial charge in [0.1, 0.15) is 5.82 Å². The predicted octanol–water partition coefficient (Wildman–Crippen LogP) is 2.56. The van der Waals surface area contributed by atoms with Crippen molar-refractivity contribution in [2.45, 2.75) is 13.5 Å². The van der Waals surface area contributed by atoms with Crippen LogP contribution in [0.4, 0.5) is 11.5 Å².